The highest BCUT2D eigenvalue weighted by atomic mass is 19.3. The Hall–Kier alpha value is -5.16. The van der Waals surface area contributed by atoms with E-state index >= 15 is 0 Å². The lowest BCUT2D eigenvalue weighted by molar-refractivity contribution is -0.286. The molecule has 0 bridgehead atoms. The molecule has 14 nitrogen and oxygen atoms in total. The second-order valence-corrected chi connectivity index (χ2v) is 14.3. The summed E-state index contributed by atoms with van der Waals surface area (Å²) in [4.78, 5) is 37.8. The number of ether oxygens (including phenoxy) is 4. The molecule has 5 aromatic rings. The van der Waals surface area contributed by atoms with Crippen LogP contribution in [0, 0.1) is 0 Å². The van der Waals surface area contributed by atoms with Crippen LogP contribution in [0.3, 0.4) is 0 Å². The number of nitrogens with one attached hydrogen (secondary N) is 1. The van der Waals surface area contributed by atoms with Crippen LogP contribution in [0.1, 0.15) is 31.2 Å². The Morgan fingerprint density at radius 3 is 1.79 bits per heavy atom. The van der Waals surface area contributed by atoms with Gasteiger partial charge in [-0.05, 0) is 93.8 Å². The molecule has 5 heterocycles. The van der Waals surface area contributed by atoms with Gasteiger partial charge in [0, 0.05) is 56.9 Å². The quantitative estimate of drug-likeness (QED) is 0.201. The van der Waals surface area contributed by atoms with Gasteiger partial charge in [0.15, 0.2) is 11.5 Å². The van der Waals surface area contributed by atoms with Crippen LogP contribution < -0.4 is 41.1 Å². The Labute approximate surface area is 322 Å². The number of halogens is 2. The van der Waals surface area contributed by atoms with Crippen molar-refractivity contribution in [2.24, 2.45) is 5.73 Å². The zero-order valence-corrected chi connectivity index (χ0v) is 31.7. The number of likely N-dealkylation sites (tertiary alicyclic amines) is 2. The summed E-state index contributed by atoms with van der Waals surface area (Å²) in [5.41, 5.74) is 9.75. The van der Waals surface area contributed by atoms with Crippen molar-refractivity contribution in [1.29, 1.82) is 0 Å². The van der Waals surface area contributed by atoms with E-state index in [2.05, 4.69) is 34.6 Å². The molecule has 3 N–H and O–H groups in total. The van der Waals surface area contributed by atoms with Crippen LogP contribution in [0.2, 0.25) is 0 Å². The number of fused-ring (bicyclic) bond motifs is 3. The predicted molar refractivity (Wildman–Crippen MR) is 208 cm³/mol. The molecule has 3 aromatic carbocycles. The third kappa shape index (κ3) is 9.44. The fourth-order valence-electron chi connectivity index (χ4n) is 7.38. The van der Waals surface area contributed by atoms with Gasteiger partial charge in [-0.3, -0.25) is 9.59 Å². The normalized spacial score (nSPS) is 17.5. The van der Waals surface area contributed by atoms with Crippen molar-refractivity contribution in [3.8, 4) is 23.0 Å². The summed E-state index contributed by atoms with van der Waals surface area (Å²) in [6, 6.07) is 16.7. The fourth-order valence-corrected chi connectivity index (χ4v) is 7.38. The van der Waals surface area contributed by atoms with Crippen LogP contribution in [0.15, 0.2) is 76.6 Å². The number of nitrogens with two attached hydrogens (primary N) is 1. The molecule has 0 unspecified atom stereocenters. The lowest BCUT2D eigenvalue weighted by atomic mass is 10.0. The molecule has 0 radical (unpaired) electrons. The number of piperidine rings is 2. The maximum absolute atomic E-state index is 13.2. The molecule has 0 saturated carbocycles. The number of benzene rings is 3. The molecule has 3 aliphatic heterocycles. The highest BCUT2D eigenvalue weighted by Gasteiger charge is 2.43. The average Bonchev–Trinajstić information content (AvgIpc) is 3.53. The van der Waals surface area contributed by atoms with E-state index in [1.165, 1.54) is 18.5 Å². The fraction of sp³-hybridized carbons (Fsp3) is 0.450. The summed E-state index contributed by atoms with van der Waals surface area (Å²) in [6.45, 7) is 7.23. The van der Waals surface area contributed by atoms with Crippen LogP contribution in [-0.2, 0) is 19.6 Å². The number of methoxy groups -OCH3 is 2. The molecule has 16 heteroatoms. The number of hydrogen-bond acceptors (Lipinski definition) is 12. The van der Waals surface area contributed by atoms with E-state index in [1.54, 1.807) is 35.5 Å². The van der Waals surface area contributed by atoms with Crippen molar-refractivity contribution >= 4 is 22.1 Å². The number of aromatic nitrogens is 4. The van der Waals surface area contributed by atoms with Crippen molar-refractivity contribution in [3.05, 3.63) is 93.3 Å². The van der Waals surface area contributed by atoms with Gasteiger partial charge >= 0.3 is 6.29 Å². The molecule has 2 saturated heterocycles. The number of alkyl halides is 2. The van der Waals surface area contributed by atoms with Gasteiger partial charge in [-0.2, -0.15) is 0 Å². The monoisotopic (exact) mass is 774 g/mol. The van der Waals surface area contributed by atoms with Gasteiger partial charge in [-0.25, -0.2) is 9.97 Å². The Balaban J connectivity index is 0.000000189. The number of hydrogen-bond donors (Lipinski definition) is 2. The zero-order valence-electron chi connectivity index (χ0n) is 31.7. The minimum Gasteiger partial charge on any atom is -0.497 e. The Bertz CT molecular complexity index is 2250. The molecule has 56 heavy (non-hydrogen) atoms. The van der Waals surface area contributed by atoms with Gasteiger partial charge in [-0.1, -0.05) is 6.07 Å². The molecule has 0 amide bonds. The molecule has 8 rings (SSSR count). The van der Waals surface area contributed by atoms with Crippen molar-refractivity contribution < 1.29 is 27.7 Å². The van der Waals surface area contributed by atoms with E-state index in [1.807, 2.05) is 36.4 Å². The third-order valence-corrected chi connectivity index (χ3v) is 10.7. The first-order valence-electron chi connectivity index (χ1n) is 19.0. The van der Waals surface area contributed by atoms with Crippen molar-refractivity contribution in [3.63, 3.8) is 0 Å². The van der Waals surface area contributed by atoms with E-state index in [0.717, 1.165) is 98.3 Å². The summed E-state index contributed by atoms with van der Waals surface area (Å²) in [6.07, 6.45) is 3.13. The molecular formula is C40H48F2N8O6. The molecule has 0 spiro atoms. The molecule has 298 valence electrons. The van der Waals surface area contributed by atoms with E-state index < -0.39 is 6.29 Å². The van der Waals surface area contributed by atoms with E-state index in [0.29, 0.717) is 37.5 Å². The summed E-state index contributed by atoms with van der Waals surface area (Å²) >= 11 is 0. The van der Waals surface area contributed by atoms with Gasteiger partial charge < -0.3 is 48.9 Å². The van der Waals surface area contributed by atoms with Crippen LogP contribution in [-0.4, -0.2) is 101 Å². The Morgan fingerprint density at radius 1 is 0.732 bits per heavy atom. The smallest absolute Gasteiger partial charge is 0.497 e. The summed E-state index contributed by atoms with van der Waals surface area (Å²) in [5.74, 6) is 1.55. The molecule has 2 aromatic heterocycles. The summed E-state index contributed by atoms with van der Waals surface area (Å²) in [7, 11) is 3.22. The minimum absolute atomic E-state index is 0.0570. The van der Waals surface area contributed by atoms with Crippen LogP contribution in [0.4, 0.5) is 8.78 Å². The van der Waals surface area contributed by atoms with Gasteiger partial charge in [-0.15, -0.1) is 8.78 Å². The van der Waals surface area contributed by atoms with Crippen LogP contribution in [0.5, 0.6) is 23.0 Å². The minimum atomic E-state index is -3.60. The van der Waals surface area contributed by atoms with Gasteiger partial charge in [0.2, 0.25) is 0 Å². The highest BCUT2D eigenvalue weighted by Crippen LogP contribution is 2.41. The number of nitrogens with zero attached hydrogens (tertiary/aromatic N) is 6. The Morgan fingerprint density at radius 2 is 1.25 bits per heavy atom. The second kappa shape index (κ2) is 17.3. The first-order chi connectivity index (χ1) is 27.1. The standard InChI is InChI=1S/C24H26F2N4O4.C16H22N4O2/c1-32-18-3-4-19-20(13-18)30(23(31)15-28-19)11-10-29-8-6-17(7-9-29)27-14-16-2-5-21-22(12-16)34-24(25,26)33-21;1-22-13-2-3-14-15(10-13)20(16(21)11-18-14)9-8-19-6-4-12(17)5-7-19/h2-5,12-13,15,17,27H,6-11,14H2,1H3;2-3,10-12H,4-9,17H2,1H3. The molecule has 3 aliphatic rings. The Kier molecular flexibility index (Phi) is 12.1. The molecule has 0 atom stereocenters. The third-order valence-electron chi connectivity index (χ3n) is 10.7. The van der Waals surface area contributed by atoms with Gasteiger partial charge in [0.05, 0.1) is 48.7 Å². The SMILES string of the molecule is COc1ccc2ncc(=O)n(CCN3CCC(N)CC3)c2c1.COc1ccc2ncc(=O)n(CCN3CCC(NCc4ccc5c(c4)OC(F)(F)O5)CC3)c2c1. The second-order valence-electron chi connectivity index (χ2n) is 14.3. The molecule has 2 fully saturated rings. The van der Waals surface area contributed by atoms with Crippen LogP contribution >= 0.6 is 0 Å². The predicted octanol–water partition coefficient (Wildman–Crippen LogP) is 3.81. The maximum atomic E-state index is 13.2. The van der Waals surface area contributed by atoms with E-state index in [-0.39, 0.29) is 22.6 Å². The first-order valence-corrected chi connectivity index (χ1v) is 19.0. The maximum Gasteiger partial charge on any atom is 0.586 e. The van der Waals surface area contributed by atoms with Crippen molar-refractivity contribution in [1.82, 2.24) is 34.2 Å². The van der Waals surface area contributed by atoms with E-state index in [9.17, 15) is 18.4 Å². The van der Waals surface area contributed by atoms with E-state index in [4.69, 9.17) is 15.2 Å². The summed E-state index contributed by atoms with van der Waals surface area (Å²) < 4.78 is 49.4. The largest absolute Gasteiger partial charge is 0.586 e. The average molecular weight is 775 g/mol. The molecular weight excluding hydrogens is 726 g/mol. The first kappa shape index (κ1) is 39.1. The van der Waals surface area contributed by atoms with Crippen molar-refractivity contribution in [2.45, 2.75) is 63.7 Å². The number of rotatable bonds is 11. The van der Waals surface area contributed by atoms with Crippen LogP contribution in [0.25, 0.3) is 22.1 Å². The lowest BCUT2D eigenvalue weighted by Gasteiger charge is -2.32. The topological polar surface area (TPSA) is 151 Å². The van der Waals surface area contributed by atoms with Gasteiger partial charge in [0.25, 0.3) is 11.1 Å². The van der Waals surface area contributed by atoms with Crippen molar-refractivity contribution in [2.75, 3.05) is 53.5 Å². The zero-order chi connectivity index (χ0) is 39.2. The van der Waals surface area contributed by atoms with Gasteiger partial charge in [0.1, 0.15) is 11.5 Å². The highest BCUT2D eigenvalue weighted by molar-refractivity contribution is 5.77. The summed E-state index contributed by atoms with van der Waals surface area (Å²) in [5, 5.41) is 3.50. The lowest BCUT2D eigenvalue weighted by Crippen LogP contribution is -2.43. The molecule has 0 aliphatic carbocycles.